The molecule has 1 unspecified atom stereocenters. The summed E-state index contributed by atoms with van der Waals surface area (Å²) in [6.07, 6.45) is 0. The van der Waals surface area contributed by atoms with Crippen molar-refractivity contribution in [3.8, 4) is 0 Å². The molecule has 0 spiro atoms. The van der Waals surface area contributed by atoms with Crippen molar-refractivity contribution in [2.75, 3.05) is 0 Å². The first kappa shape index (κ1) is 10.5. The van der Waals surface area contributed by atoms with Crippen LogP contribution in [0.3, 0.4) is 0 Å². The first-order chi connectivity index (χ1) is 4.34. The molecule has 3 heteroatoms. The van der Waals surface area contributed by atoms with Crippen LogP contribution in [0, 0.1) is 0 Å². The van der Waals surface area contributed by atoms with Crippen LogP contribution in [0.25, 0.3) is 0 Å². The highest BCUT2D eigenvalue weighted by Gasteiger charge is 2.20. The third-order valence-corrected chi connectivity index (χ3v) is 5.52. The van der Waals surface area contributed by atoms with E-state index < -0.39 is 9.83 Å². The van der Waals surface area contributed by atoms with Crippen LogP contribution < -0.4 is 0 Å². The molecule has 62 valence electrons. The van der Waals surface area contributed by atoms with Crippen molar-refractivity contribution in [3.05, 3.63) is 0 Å². The molecule has 0 aliphatic carbocycles. The van der Waals surface area contributed by atoms with Crippen LogP contribution in [0.2, 0.25) is 0 Å². The summed E-state index contributed by atoms with van der Waals surface area (Å²) in [7, 11) is 0.783. The summed E-state index contributed by atoms with van der Waals surface area (Å²) in [5.41, 5.74) is 0. The lowest BCUT2D eigenvalue weighted by atomic mass is 10.3. The summed E-state index contributed by atoms with van der Waals surface area (Å²) in [4.78, 5) is 0. The second-order valence-corrected chi connectivity index (χ2v) is 7.81. The van der Waals surface area contributed by atoms with Crippen LogP contribution >= 0.6 is 10.8 Å². The van der Waals surface area contributed by atoms with Crippen LogP contribution in [0.5, 0.6) is 0 Å². The fourth-order valence-corrected chi connectivity index (χ4v) is 2.87. The Morgan fingerprint density at radius 3 is 1.80 bits per heavy atom. The minimum Gasteiger partial charge on any atom is -0.247 e. The zero-order valence-corrected chi connectivity index (χ0v) is 8.94. The van der Waals surface area contributed by atoms with Crippen LogP contribution in [0.4, 0.5) is 0 Å². The molecule has 0 aliphatic rings. The van der Waals surface area contributed by atoms with Crippen LogP contribution in [-0.4, -0.2) is 14.2 Å². The van der Waals surface area contributed by atoms with E-state index in [1.165, 1.54) is 10.8 Å². The second kappa shape index (κ2) is 3.77. The maximum atomic E-state index is 11.3. The van der Waals surface area contributed by atoms with Gasteiger partial charge >= 0.3 is 0 Å². The zero-order chi connectivity index (χ0) is 8.36. The molecule has 0 N–H and O–H groups in total. The van der Waals surface area contributed by atoms with Crippen LogP contribution in [-0.2, 0) is 9.83 Å². The predicted octanol–water partition coefficient (Wildman–Crippen LogP) is 2.59. The number of hydrogen-bond donors (Lipinski definition) is 0. The third kappa shape index (κ3) is 4.34. The zero-order valence-electron chi connectivity index (χ0n) is 7.30. The highest BCUT2D eigenvalue weighted by atomic mass is 33.1. The molecule has 0 aliphatic heterocycles. The van der Waals surface area contributed by atoms with E-state index in [2.05, 4.69) is 13.8 Å². The van der Waals surface area contributed by atoms with Gasteiger partial charge in [0, 0.05) is 10.00 Å². The normalized spacial score (nSPS) is 15.8. The largest absolute Gasteiger partial charge is 0.247 e. The van der Waals surface area contributed by atoms with E-state index in [9.17, 15) is 4.21 Å². The summed E-state index contributed by atoms with van der Waals surface area (Å²) < 4.78 is 11.3. The van der Waals surface area contributed by atoms with Gasteiger partial charge in [0.2, 0.25) is 0 Å². The summed E-state index contributed by atoms with van der Waals surface area (Å²) in [5, 5.41) is 0.458. The quantitative estimate of drug-likeness (QED) is 0.608. The molecule has 0 aromatic heterocycles. The lowest BCUT2D eigenvalue weighted by Crippen LogP contribution is -2.19. The molecule has 0 aromatic rings. The molecule has 0 fully saturated rings. The van der Waals surface area contributed by atoms with Crippen molar-refractivity contribution in [2.45, 2.75) is 44.6 Å². The van der Waals surface area contributed by atoms with E-state index in [1.54, 1.807) is 0 Å². The van der Waals surface area contributed by atoms with E-state index in [-0.39, 0.29) is 4.75 Å². The summed E-state index contributed by atoms with van der Waals surface area (Å²) in [5.74, 6) is 0. The minimum absolute atomic E-state index is 0.0745. The van der Waals surface area contributed by atoms with Gasteiger partial charge in [-0.1, -0.05) is 24.6 Å². The molecule has 0 saturated carbocycles. The van der Waals surface area contributed by atoms with Gasteiger partial charge in [0.25, 0.3) is 0 Å². The van der Waals surface area contributed by atoms with Crippen molar-refractivity contribution in [1.29, 1.82) is 0 Å². The van der Waals surface area contributed by atoms with E-state index in [0.717, 1.165) is 0 Å². The molecule has 0 rings (SSSR count). The maximum absolute atomic E-state index is 11.3. The Labute approximate surface area is 69.8 Å². The Hall–Kier alpha value is 0.500. The highest BCUT2D eigenvalue weighted by Crippen LogP contribution is 2.25. The Bertz CT molecular complexity index is 124. The monoisotopic (exact) mass is 180 g/mol. The van der Waals surface area contributed by atoms with Crippen molar-refractivity contribution < 1.29 is 4.21 Å². The van der Waals surface area contributed by atoms with Crippen LogP contribution in [0.15, 0.2) is 0 Å². The van der Waals surface area contributed by atoms with Crippen molar-refractivity contribution in [3.63, 3.8) is 0 Å². The van der Waals surface area contributed by atoms with Crippen LogP contribution in [0.1, 0.15) is 34.6 Å². The fraction of sp³-hybridized carbons (Fsp3) is 1.00. The predicted molar refractivity (Wildman–Crippen MR) is 50.6 cm³/mol. The lowest BCUT2D eigenvalue weighted by molar-refractivity contribution is 0.660. The maximum Gasteiger partial charge on any atom is 0.0860 e. The average molecular weight is 180 g/mol. The minimum atomic E-state index is -0.751. The van der Waals surface area contributed by atoms with E-state index in [4.69, 9.17) is 0 Å². The molecule has 1 atom stereocenters. The van der Waals surface area contributed by atoms with Gasteiger partial charge in [-0.3, -0.25) is 0 Å². The van der Waals surface area contributed by atoms with E-state index in [1.807, 2.05) is 20.8 Å². The summed E-state index contributed by atoms with van der Waals surface area (Å²) in [6.45, 7) is 10.1. The fourth-order valence-electron chi connectivity index (χ4n) is 0.319. The molecule has 0 aromatic carbocycles. The number of hydrogen-bond acceptors (Lipinski definition) is 2. The Kier molecular flexibility index (Phi) is 3.95. The van der Waals surface area contributed by atoms with Gasteiger partial charge in [-0.05, 0) is 20.8 Å². The SMILES string of the molecule is CC(C)SS(=O)C(C)(C)C. The first-order valence-electron chi connectivity index (χ1n) is 3.43. The molecule has 0 bridgehead atoms. The Morgan fingerprint density at radius 2 is 1.70 bits per heavy atom. The van der Waals surface area contributed by atoms with E-state index in [0.29, 0.717) is 5.25 Å². The molecular weight excluding hydrogens is 164 g/mol. The van der Waals surface area contributed by atoms with Gasteiger partial charge in [0.05, 0.1) is 9.83 Å². The van der Waals surface area contributed by atoms with Gasteiger partial charge in [0.15, 0.2) is 0 Å². The highest BCUT2D eigenvalue weighted by molar-refractivity contribution is 8.69. The lowest BCUT2D eigenvalue weighted by Gasteiger charge is -2.17. The van der Waals surface area contributed by atoms with E-state index >= 15 is 0 Å². The van der Waals surface area contributed by atoms with Crippen molar-refractivity contribution >= 4 is 20.6 Å². The van der Waals surface area contributed by atoms with Gasteiger partial charge < -0.3 is 0 Å². The van der Waals surface area contributed by atoms with Gasteiger partial charge in [0.1, 0.15) is 0 Å². The third-order valence-electron chi connectivity index (χ3n) is 0.780. The molecule has 10 heavy (non-hydrogen) atoms. The molecule has 0 radical (unpaired) electrons. The second-order valence-electron chi connectivity index (χ2n) is 3.49. The summed E-state index contributed by atoms with van der Waals surface area (Å²) >= 11 is 0. The summed E-state index contributed by atoms with van der Waals surface area (Å²) in [6, 6.07) is 0. The van der Waals surface area contributed by atoms with Gasteiger partial charge in [-0.25, -0.2) is 4.21 Å². The van der Waals surface area contributed by atoms with Gasteiger partial charge in [-0.2, -0.15) is 0 Å². The molecule has 0 saturated heterocycles. The molecular formula is C7H16OS2. The van der Waals surface area contributed by atoms with Crippen molar-refractivity contribution in [1.82, 2.24) is 0 Å². The molecule has 0 amide bonds. The topological polar surface area (TPSA) is 17.1 Å². The Morgan fingerprint density at radius 1 is 1.30 bits per heavy atom. The molecule has 1 nitrogen and oxygen atoms in total. The van der Waals surface area contributed by atoms with Crippen molar-refractivity contribution in [2.24, 2.45) is 0 Å². The first-order valence-corrected chi connectivity index (χ1v) is 5.97. The smallest absolute Gasteiger partial charge is 0.0860 e. The molecule has 0 heterocycles. The Balaban J connectivity index is 3.87. The standard InChI is InChI=1S/C7H16OS2/c1-6(2)9-10(8)7(3,4)5/h6H,1-5H3. The number of rotatable bonds is 2. The average Bonchev–Trinajstić information content (AvgIpc) is 1.60. The van der Waals surface area contributed by atoms with Gasteiger partial charge in [-0.15, -0.1) is 0 Å².